The smallest absolute Gasteiger partial charge is 0.308 e. The maximum Gasteiger partial charge on any atom is 0.308 e. The molecule has 0 saturated carbocycles. The molecule has 0 fully saturated rings. The van der Waals surface area contributed by atoms with Gasteiger partial charge in [0.2, 0.25) is 0 Å². The Bertz CT molecular complexity index is 648. The van der Waals surface area contributed by atoms with Crippen LogP contribution in [0, 0.1) is 5.92 Å². The second-order valence-electron chi connectivity index (χ2n) is 4.93. The molecule has 112 valence electrons. The fraction of sp³-hybridized carbons (Fsp3) is 0.357. The van der Waals surface area contributed by atoms with Crippen LogP contribution in [-0.2, 0) is 11.8 Å². The number of carboxylic acid groups (broad SMARTS) is 1. The van der Waals surface area contributed by atoms with Gasteiger partial charge in [-0.15, -0.1) is 11.3 Å². The number of hydrogen-bond donors (Lipinski definition) is 2. The number of carbonyl (C=O) groups is 2. The molecular formula is C14H17N3O3S. The number of nitrogens with zero attached hydrogens (tertiary/aromatic N) is 2. The Labute approximate surface area is 126 Å². The Morgan fingerprint density at radius 1 is 1.43 bits per heavy atom. The first-order chi connectivity index (χ1) is 9.90. The quantitative estimate of drug-likeness (QED) is 0.884. The van der Waals surface area contributed by atoms with Crippen molar-refractivity contribution in [3.05, 3.63) is 29.3 Å². The number of nitrogens with one attached hydrogen (secondary N) is 1. The van der Waals surface area contributed by atoms with E-state index in [-0.39, 0.29) is 5.91 Å². The molecule has 1 amide bonds. The second kappa shape index (κ2) is 6.09. The van der Waals surface area contributed by atoms with E-state index < -0.39 is 17.9 Å². The third-order valence-corrected chi connectivity index (χ3v) is 4.20. The predicted molar refractivity (Wildman–Crippen MR) is 80.2 cm³/mol. The number of aryl methyl sites for hydroxylation is 1. The highest BCUT2D eigenvalue weighted by molar-refractivity contribution is 7.13. The van der Waals surface area contributed by atoms with Crippen molar-refractivity contribution in [2.24, 2.45) is 13.0 Å². The van der Waals surface area contributed by atoms with Crippen molar-refractivity contribution in [3.63, 3.8) is 0 Å². The molecule has 2 atom stereocenters. The van der Waals surface area contributed by atoms with Crippen LogP contribution in [0.15, 0.2) is 23.7 Å². The monoisotopic (exact) mass is 307 g/mol. The van der Waals surface area contributed by atoms with Crippen LogP contribution < -0.4 is 5.32 Å². The summed E-state index contributed by atoms with van der Waals surface area (Å²) in [4.78, 5) is 24.2. The summed E-state index contributed by atoms with van der Waals surface area (Å²) in [7, 11) is 1.75. The molecule has 0 radical (unpaired) electrons. The molecule has 2 heterocycles. The number of amides is 1. The summed E-state index contributed by atoms with van der Waals surface area (Å²) >= 11 is 1.50. The van der Waals surface area contributed by atoms with Gasteiger partial charge in [-0.3, -0.25) is 14.3 Å². The van der Waals surface area contributed by atoms with Gasteiger partial charge in [0, 0.05) is 19.3 Å². The lowest BCUT2D eigenvalue weighted by atomic mass is 10.0. The molecule has 2 aromatic heterocycles. The molecule has 0 saturated heterocycles. The SMILES string of the molecule is CC(NC(=O)c1cn(C)nc1-c1cccs1)C(C)C(=O)O. The number of carbonyl (C=O) groups excluding carboxylic acids is 1. The van der Waals surface area contributed by atoms with E-state index >= 15 is 0 Å². The molecule has 6 nitrogen and oxygen atoms in total. The summed E-state index contributed by atoms with van der Waals surface area (Å²) in [5.41, 5.74) is 1.06. The van der Waals surface area contributed by atoms with Crippen LogP contribution in [0.2, 0.25) is 0 Å². The Morgan fingerprint density at radius 3 is 2.71 bits per heavy atom. The molecular weight excluding hydrogens is 290 g/mol. The molecule has 0 aliphatic carbocycles. The van der Waals surface area contributed by atoms with Crippen molar-refractivity contribution in [2.75, 3.05) is 0 Å². The number of aromatic nitrogens is 2. The van der Waals surface area contributed by atoms with E-state index in [1.807, 2.05) is 17.5 Å². The molecule has 21 heavy (non-hydrogen) atoms. The van der Waals surface area contributed by atoms with E-state index in [4.69, 9.17) is 5.11 Å². The van der Waals surface area contributed by atoms with Crippen molar-refractivity contribution in [2.45, 2.75) is 19.9 Å². The van der Waals surface area contributed by atoms with E-state index in [1.165, 1.54) is 11.3 Å². The van der Waals surface area contributed by atoms with Crippen molar-refractivity contribution in [1.29, 1.82) is 0 Å². The van der Waals surface area contributed by atoms with Crippen molar-refractivity contribution in [3.8, 4) is 10.6 Å². The number of hydrogen-bond acceptors (Lipinski definition) is 4. The van der Waals surface area contributed by atoms with Crippen LogP contribution in [0.5, 0.6) is 0 Å². The second-order valence-corrected chi connectivity index (χ2v) is 5.88. The zero-order valence-corrected chi connectivity index (χ0v) is 12.8. The lowest BCUT2D eigenvalue weighted by Crippen LogP contribution is -2.40. The minimum atomic E-state index is -0.938. The minimum Gasteiger partial charge on any atom is -0.481 e. The third-order valence-electron chi connectivity index (χ3n) is 3.33. The average molecular weight is 307 g/mol. The van der Waals surface area contributed by atoms with Crippen molar-refractivity contribution in [1.82, 2.24) is 15.1 Å². The van der Waals surface area contributed by atoms with Gasteiger partial charge >= 0.3 is 5.97 Å². The van der Waals surface area contributed by atoms with Gasteiger partial charge < -0.3 is 10.4 Å². The van der Waals surface area contributed by atoms with Crippen LogP contribution in [0.3, 0.4) is 0 Å². The van der Waals surface area contributed by atoms with E-state index in [0.717, 1.165) is 4.88 Å². The van der Waals surface area contributed by atoms with Crippen LogP contribution in [0.25, 0.3) is 10.6 Å². The van der Waals surface area contributed by atoms with E-state index in [0.29, 0.717) is 11.3 Å². The summed E-state index contributed by atoms with van der Waals surface area (Å²) in [6, 6.07) is 3.32. The largest absolute Gasteiger partial charge is 0.481 e. The highest BCUT2D eigenvalue weighted by Crippen LogP contribution is 2.26. The van der Waals surface area contributed by atoms with Gasteiger partial charge in [0.1, 0.15) is 5.69 Å². The Morgan fingerprint density at radius 2 is 2.14 bits per heavy atom. The topological polar surface area (TPSA) is 84.2 Å². The Kier molecular flexibility index (Phi) is 4.42. The standard InChI is InChI=1S/C14H17N3O3S/c1-8(14(19)20)9(2)15-13(18)10-7-17(3)16-12(10)11-5-4-6-21-11/h4-9H,1-3H3,(H,15,18)(H,19,20). The number of aliphatic carboxylic acids is 1. The molecule has 2 aromatic rings. The lowest BCUT2D eigenvalue weighted by Gasteiger charge is -2.17. The first-order valence-electron chi connectivity index (χ1n) is 6.51. The summed E-state index contributed by atoms with van der Waals surface area (Å²) in [6.45, 7) is 3.24. The third kappa shape index (κ3) is 3.30. The Hall–Kier alpha value is -2.15. The molecule has 0 bridgehead atoms. The highest BCUT2D eigenvalue weighted by atomic mass is 32.1. The maximum absolute atomic E-state index is 12.4. The molecule has 7 heteroatoms. The van der Waals surface area contributed by atoms with Crippen molar-refractivity contribution < 1.29 is 14.7 Å². The van der Waals surface area contributed by atoms with Gasteiger partial charge in [0.25, 0.3) is 5.91 Å². The summed E-state index contributed by atoms with van der Waals surface area (Å²) in [6.07, 6.45) is 1.64. The summed E-state index contributed by atoms with van der Waals surface area (Å²) < 4.78 is 1.58. The highest BCUT2D eigenvalue weighted by Gasteiger charge is 2.24. The zero-order chi connectivity index (χ0) is 15.6. The van der Waals surface area contributed by atoms with Gasteiger partial charge in [0.05, 0.1) is 16.4 Å². The van der Waals surface area contributed by atoms with E-state index in [2.05, 4.69) is 10.4 Å². The molecule has 0 aromatic carbocycles. The zero-order valence-electron chi connectivity index (χ0n) is 12.0. The fourth-order valence-electron chi connectivity index (χ4n) is 1.87. The molecule has 2 unspecified atom stereocenters. The van der Waals surface area contributed by atoms with Gasteiger partial charge in [-0.1, -0.05) is 6.07 Å². The molecule has 0 aliphatic rings. The van der Waals surface area contributed by atoms with Gasteiger partial charge in [-0.05, 0) is 25.3 Å². The first-order valence-corrected chi connectivity index (χ1v) is 7.39. The van der Waals surface area contributed by atoms with Crippen LogP contribution in [0.1, 0.15) is 24.2 Å². The predicted octanol–water partition coefficient (Wildman–Crippen LogP) is 1.99. The number of carboxylic acids is 1. The summed E-state index contributed by atoms with van der Waals surface area (Å²) in [5.74, 6) is -1.91. The normalized spacial score (nSPS) is 13.7. The fourth-order valence-corrected chi connectivity index (χ4v) is 2.60. The minimum absolute atomic E-state index is 0.313. The van der Waals surface area contributed by atoms with Crippen molar-refractivity contribution >= 4 is 23.2 Å². The van der Waals surface area contributed by atoms with E-state index in [9.17, 15) is 9.59 Å². The maximum atomic E-state index is 12.4. The number of rotatable bonds is 5. The first kappa shape index (κ1) is 15.2. The van der Waals surface area contributed by atoms with E-state index in [1.54, 1.807) is 31.8 Å². The van der Waals surface area contributed by atoms with Gasteiger partial charge in [-0.2, -0.15) is 5.10 Å². The van der Waals surface area contributed by atoms with Crippen LogP contribution in [-0.4, -0.2) is 32.8 Å². The van der Waals surface area contributed by atoms with Crippen LogP contribution >= 0.6 is 11.3 Å². The van der Waals surface area contributed by atoms with Gasteiger partial charge in [0.15, 0.2) is 0 Å². The molecule has 2 rings (SSSR count). The number of thiophene rings is 1. The molecule has 0 spiro atoms. The lowest BCUT2D eigenvalue weighted by molar-refractivity contribution is -0.141. The van der Waals surface area contributed by atoms with Crippen LogP contribution in [0.4, 0.5) is 0 Å². The van der Waals surface area contributed by atoms with Gasteiger partial charge in [-0.25, -0.2) is 0 Å². The molecule has 0 aliphatic heterocycles. The molecule has 2 N–H and O–H groups in total. The summed E-state index contributed by atoms with van der Waals surface area (Å²) in [5, 5.41) is 17.9. The average Bonchev–Trinajstić information content (AvgIpc) is 3.05. The Balaban J connectivity index is 2.22.